The zero-order valence-electron chi connectivity index (χ0n) is 19.6. The molecular formula is C25H25FN4O5S. The minimum absolute atomic E-state index is 0.237. The molecule has 0 saturated heterocycles. The third-order valence-corrected chi connectivity index (χ3v) is 5.93. The molecule has 9 nitrogen and oxygen atoms in total. The number of carbonyl (C=O) groups is 2. The number of anilines is 2. The molecule has 188 valence electrons. The number of hydrogen-bond acceptors (Lipinski definition) is 6. The first-order valence-electron chi connectivity index (χ1n) is 10.7. The summed E-state index contributed by atoms with van der Waals surface area (Å²) in [7, 11) is -3.68. The number of aryl methyl sites for hydroxylation is 1. The van der Waals surface area contributed by atoms with Gasteiger partial charge in [0, 0.05) is 5.69 Å². The molecule has 3 aromatic carbocycles. The number of sulfonamides is 1. The summed E-state index contributed by atoms with van der Waals surface area (Å²) in [6, 6.07) is 18.7. The number of amides is 2. The van der Waals surface area contributed by atoms with Crippen LogP contribution >= 0.6 is 0 Å². The summed E-state index contributed by atoms with van der Waals surface area (Å²) in [6.45, 7) is 1.21. The van der Waals surface area contributed by atoms with Gasteiger partial charge >= 0.3 is 0 Å². The lowest BCUT2D eigenvalue weighted by atomic mass is 10.2. The van der Waals surface area contributed by atoms with E-state index in [0.717, 1.165) is 16.1 Å². The highest BCUT2D eigenvalue weighted by atomic mass is 32.2. The van der Waals surface area contributed by atoms with Crippen LogP contribution in [0.2, 0.25) is 0 Å². The summed E-state index contributed by atoms with van der Waals surface area (Å²) in [5.74, 6) is -0.967. The second-order valence-electron chi connectivity index (χ2n) is 7.81. The molecule has 0 aromatic heterocycles. The molecule has 11 heteroatoms. The molecule has 0 radical (unpaired) electrons. The summed E-state index contributed by atoms with van der Waals surface area (Å²) in [5.41, 5.74) is 4.75. The Morgan fingerprint density at radius 3 is 2.22 bits per heavy atom. The van der Waals surface area contributed by atoms with E-state index in [2.05, 4.69) is 15.8 Å². The largest absolute Gasteiger partial charge is 0.484 e. The van der Waals surface area contributed by atoms with E-state index in [1.54, 1.807) is 48.5 Å². The van der Waals surface area contributed by atoms with Crippen molar-refractivity contribution in [1.29, 1.82) is 0 Å². The Bertz CT molecular complexity index is 1330. The third-order valence-electron chi connectivity index (χ3n) is 4.79. The summed E-state index contributed by atoms with van der Waals surface area (Å²) in [4.78, 5) is 24.2. The zero-order valence-corrected chi connectivity index (χ0v) is 20.5. The fourth-order valence-corrected chi connectivity index (χ4v) is 3.84. The van der Waals surface area contributed by atoms with E-state index in [0.29, 0.717) is 22.7 Å². The molecule has 0 aliphatic heterocycles. The fraction of sp³-hybridized carbons (Fsp3) is 0.160. The van der Waals surface area contributed by atoms with Gasteiger partial charge in [0.1, 0.15) is 18.1 Å². The van der Waals surface area contributed by atoms with Gasteiger partial charge in [-0.25, -0.2) is 18.2 Å². The van der Waals surface area contributed by atoms with E-state index in [-0.39, 0.29) is 6.61 Å². The van der Waals surface area contributed by atoms with Gasteiger partial charge in [-0.2, -0.15) is 5.10 Å². The van der Waals surface area contributed by atoms with Crippen molar-refractivity contribution >= 4 is 39.4 Å². The van der Waals surface area contributed by atoms with E-state index in [1.165, 1.54) is 30.5 Å². The highest BCUT2D eigenvalue weighted by Crippen LogP contribution is 2.18. The monoisotopic (exact) mass is 512 g/mol. The van der Waals surface area contributed by atoms with Gasteiger partial charge in [-0.3, -0.25) is 13.9 Å². The van der Waals surface area contributed by atoms with Crippen molar-refractivity contribution < 1.29 is 27.1 Å². The average molecular weight is 513 g/mol. The van der Waals surface area contributed by atoms with Crippen molar-refractivity contribution in [3.8, 4) is 5.75 Å². The van der Waals surface area contributed by atoms with Crippen LogP contribution in [-0.4, -0.2) is 45.9 Å². The standard InChI is InChI=1S/C25H25FN4O5S/c1-18-3-11-22(12-4-18)30(36(2,33)34)16-24(31)29-27-15-19-5-13-23(14-6-19)35-17-25(32)28-21-9-7-20(26)8-10-21/h3-15H,16-17H2,1-2H3,(H,28,32)(H,29,31)/b27-15-. The Morgan fingerprint density at radius 2 is 1.61 bits per heavy atom. The highest BCUT2D eigenvalue weighted by Gasteiger charge is 2.20. The number of benzene rings is 3. The van der Waals surface area contributed by atoms with E-state index < -0.39 is 34.2 Å². The Labute approximate surface area is 208 Å². The first kappa shape index (κ1) is 26.4. The molecule has 0 aliphatic rings. The molecule has 0 bridgehead atoms. The zero-order chi connectivity index (χ0) is 26.1. The van der Waals surface area contributed by atoms with Crippen LogP contribution in [0, 0.1) is 12.7 Å². The van der Waals surface area contributed by atoms with Crippen LogP contribution in [0.15, 0.2) is 77.9 Å². The summed E-state index contributed by atoms with van der Waals surface area (Å²) in [6.07, 6.45) is 2.42. The van der Waals surface area contributed by atoms with E-state index in [9.17, 15) is 22.4 Å². The van der Waals surface area contributed by atoms with Crippen LogP contribution in [0.3, 0.4) is 0 Å². The Kier molecular flexibility index (Phi) is 8.74. The molecule has 0 atom stereocenters. The Morgan fingerprint density at radius 1 is 0.972 bits per heavy atom. The molecular weight excluding hydrogens is 487 g/mol. The molecule has 2 N–H and O–H groups in total. The summed E-state index contributed by atoms with van der Waals surface area (Å²) in [5, 5.41) is 6.46. The number of halogens is 1. The second-order valence-corrected chi connectivity index (χ2v) is 9.72. The molecule has 36 heavy (non-hydrogen) atoms. The lowest BCUT2D eigenvalue weighted by Gasteiger charge is -2.21. The van der Waals surface area contributed by atoms with Crippen molar-refractivity contribution in [3.63, 3.8) is 0 Å². The molecule has 0 heterocycles. The SMILES string of the molecule is Cc1ccc(N(CC(=O)N/N=C\c2ccc(OCC(=O)Nc3ccc(F)cc3)cc2)S(C)(=O)=O)cc1. The molecule has 3 rings (SSSR count). The maximum Gasteiger partial charge on any atom is 0.262 e. The van der Waals surface area contributed by atoms with Crippen molar-refractivity contribution in [2.45, 2.75) is 6.92 Å². The lowest BCUT2D eigenvalue weighted by Crippen LogP contribution is -2.39. The molecule has 2 amide bonds. The number of ether oxygens (including phenoxy) is 1. The molecule has 3 aromatic rings. The number of hydrogen-bond donors (Lipinski definition) is 2. The van der Waals surface area contributed by atoms with Crippen molar-refractivity contribution in [2.24, 2.45) is 5.10 Å². The minimum Gasteiger partial charge on any atom is -0.484 e. The maximum atomic E-state index is 12.9. The smallest absolute Gasteiger partial charge is 0.262 e. The van der Waals surface area contributed by atoms with Crippen LogP contribution in [0.25, 0.3) is 0 Å². The van der Waals surface area contributed by atoms with Gasteiger partial charge < -0.3 is 10.1 Å². The molecule has 0 unspecified atom stereocenters. The quantitative estimate of drug-likeness (QED) is 0.320. The van der Waals surface area contributed by atoms with Crippen LogP contribution in [0.1, 0.15) is 11.1 Å². The third kappa shape index (κ3) is 8.20. The number of rotatable bonds is 10. The molecule has 0 fully saturated rings. The maximum absolute atomic E-state index is 12.9. The normalized spacial score (nSPS) is 11.2. The van der Waals surface area contributed by atoms with Crippen molar-refractivity contribution in [2.75, 3.05) is 29.0 Å². The summed E-state index contributed by atoms with van der Waals surface area (Å²) < 4.78 is 43.6. The lowest BCUT2D eigenvalue weighted by molar-refractivity contribution is -0.119. The highest BCUT2D eigenvalue weighted by molar-refractivity contribution is 7.92. The Hall–Kier alpha value is -4.25. The molecule has 0 aliphatic carbocycles. The van der Waals surface area contributed by atoms with Crippen LogP contribution < -0.4 is 19.8 Å². The predicted octanol–water partition coefficient (Wildman–Crippen LogP) is 3.07. The van der Waals surface area contributed by atoms with E-state index in [4.69, 9.17) is 4.74 Å². The first-order chi connectivity index (χ1) is 17.1. The first-order valence-corrected chi connectivity index (χ1v) is 12.6. The van der Waals surface area contributed by atoms with Gasteiger partial charge in [-0.05, 0) is 73.2 Å². The fourth-order valence-electron chi connectivity index (χ4n) is 2.98. The van der Waals surface area contributed by atoms with Gasteiger partial charge in [0.05, 0.1) is 18.2 Å². The molecule has 0 spiro atoms. The molecule has 0 saturated carbocycles. The van der Waals surface area contributed by atoms with Crippen LogP contribution in [0.5, 0.6) is 5.75 Å². The van der Waals surface area contributed by atoms with Gasteiger partial charge in [0.2, 0.25) is 10.0 Å². The minimum atomic E-state index is -3.68. The average Bonchev–Trinajstić information content (AvgIpc) is 2.83. The van der Waals surface area contributed by atoms with Crippen molar-refractivity contribution in [1.82, 2.24) is 5.43 Å². The van der Waals surface area contributed by atoms with Crippen LogP contribution in [-0.2, 0) is 19.6 Å². The van der Waals surface area contributed by atoms with Gasteiger partial charge in [0.25, 0.3) is 11.8 Å². The number of hydrazone groups is 1. The Balaban J connectivity index is 1.48. The van der Waals surface area contributed by atoms with Gasteiger partial charge in [-0.1, -0.05) is 17.7 Å². The van der Waals surface area contributed by atoms with Crippen LogP contribution in [0.4, 0.5) is 15.8 Å². The van der Waals surface area contributed by atoms with Crippen molar-refractivity contribution in [3.05, 3.63) is 89.7 Å². The second kappa shape index (κ2) is 11.9. The number of carbonyl (C=O) groups excluding carboxylic acids is 2. The number of nitrogens with zero attached hydrogens (tertiary/aromatic N) is 2. The predicted molar refractivity (Wildman–Crippen MR) is 136 cm³/mol. The topological polar surface area (TPSA) is 117 Å². The van der Waals surface area contributed by atoms with Gasteiger partial charge in [-0.15, -0.1) is 0 Å². The summed E-state index contributed by atoms with van der Waals surface area (Å²) >= 11 is 0. The van der Waals surface area contributed by atoms with Gasteiger partial charge in [0.15, 0.2) is 6.61 Å². The van der Waals surface area contributed by atoms with E-state index >= 15 is 0 Å². The van der Waals surface area contributed by atoms with E-state index in [1.807, 2.05) is 6.92 Å². The number of nitrogens with one attached hydrogen (secondary N) is 2.